The van der Waals surface area contributed by atoms with Gasteiger partial charge in [0.1, 0.15) is 16.5 Å². The first kappa shape index (κ1) is 24.5. The van der Waals surface area contributed by atoms with Crippen LogP contribution in [0.1, 0.15) is 23.0 Å². The van der Waals surface area contributed by atoms with Gasteiger partial charge in [-0.1, -0.05) is 11.6 Å². The third kappa shape index (κ3) is 5.18. The lowest BCUT2D eigenvalue weighted by Gasteiger charge is -2.13. The van der Waals surface area contributed by atoms with Crippen molar-refractivity contribution in [3.05, 3.63) is 82.6 Å². The number of thiazole rings is 1. The summed E-state index contributed by atoms with van der Waals surface area (Å²) < 4.78 is 20.4. The van der Waals surface area contributed by atoms with Crippen LogP contribution in [-0.2, 0) is 4.74 Å². The quantitative estimate of drug-likeness (QED) is 0.258. The van der Waals surface area contributed by atoms with E-state index in [4.69, 9.17) is 26.4 Å². The second-order valence-electron chi connectivity index (χ2n) is 7.79. The number of carbonyl (C=O) groups excluding carboxylic acids is 1. The van der Waals surface area contributed by atoms with Gasteiger partial charge >= 0.3 is 5.97 Å². The molecule has 1 aromatic carbocycles. The van der Waals surface area contributed by atoms with Crippen molar-refractivity contribution in [1.29, 1.82) is 0 Å². The summed E-state index contributed by atoms with van der Waals surface area (Å²) >= 11 is 7.40. The Morgan fingerprint density at radius 2 is 2.05 bits per heavy atom. The van der Waals surface area contributed by atoms with Gasteiger partial charge in [-0.25, -0.2) is 23.8 Å². The Hall–Kier alpha value is -4.22. The summed E-state index contributed by atoms with van der Waals surface area (Å²) in [7, 11) is 0. The average molecular weight is 536 g/mol. The van der Waals surface area contributed by atoms with Gasteiger partial charge in [-0.05, 0) is 44.2 Å². The van der Waals surface area contributed by atoms with Crippen LogP contribution in [0.5, 0.6) is 0 Å². The smallest absolute Gasteiger partial charge is 0.339 e. The number of aryl methyl sites for hydroxylation is 1. The Labute approximate surface area is 220 Å². The summed E-state index contributed by atoms with van der Waals surface area (Å²) in [6, 6.07) is 7.81. The van der Waals surface area contributed by atoms with Crippen LogP contribution in [0.15, 0.2) is 60.5 Å². The minimum atomic E-state index is -0.528. The minimum absolute atomic E-state index is 0.0280. The molecule has 0 aliphatic rings. The zero-order chi connectivity index (χ0) is 25.9. The van der Waals surface area contributed by atoms with Gasteiger partial charge in [-0.3, -0.25) is 4.98 Å². The van der Waals surface area contributed by atoms with Gasteiger partial charge in [-0.2, -0.15) is 10.1 Å². The summed E-state index contributed by atoms with van der Waals surface area (Å²) in [6.45, 7) is 3.88. The fraction of sp³-hybridized carbons (Fsp3) is 0.120. The first-order chi connectivity index (χ1) is 17.9. The molecule has 37 heavy (non-hydrogen) atoms. The molecule has 0 saturated heterocycles. The lowest BCUT2D eigenvalue weighted by molar-refractivity contribution is 0.0526. The highest BCUT2D eigenvalue weighted by Gasteiger charge is 2.19. The minimum Gasteiger partial charge on any atom is -0.462 e. The monoisotopic (exact) mass is 535 g/mol. The number of benzene rings is 1. The van der Waals surface area contributed by atoms with Crippen molar-refractivity contribution in [1.82, 2.24) is 29.7 Å². The van der Waals surface area contributed by atoms with Crippen LogP contribution in [0.3, 0.4) is 0 Å². The zero-order valence-corrected chi connectivity index (χ0v) is 21.2. The molecule has 0 atom stereocenters. The Morgan fingerprint density at radius 1 is 1.19 bits per heavy atom. The van der Waals surface area contributed by atoms with Crippen molar-refractivity contribution >= 4 is 40.5 Å². The molecule has 0 unspecified atom stereocenters. The van der Waals surface area contributed by atoms with E-state index in [2.05, 4.69) is 20.3 Å². The van der Waals surface area contributed by atoms with Crippen molar-refractivity contribution in [2.75, 3.05) is 11.9 Å². The van der Waals surface area contributed by atoms with E-state index in [-0.39, 0.29) is 17.6 Å². The van der Waals surface area contributed by atoms with Crippen LogP contribution in [0.4, 0.5) is 16.0 Å². The number of esters is 1. The van der Waals surface area contributed by atoms with Crippen molar-refractivity contribution in [3.63, 3.8) is 0 Å². The number of rotatable bonds is 7. The molecule has 0 spiro atoms. The lowest BCUT2D eigenvalue weighted by atomic mass is 10.1. The van der Waals surface area contributed by atoms with E-state index >= 15 is 0 Å². The van der Waals surface area contributed by atoms with Gasteiger partial charge in [0, 0.05) is 52.7 Å². The number of hydrogen-bond acceptors (Lipinski definition) is 9. The van der Waals surface area contributed by atoms with E-state index in [1.165, 1.54) is 35.7 Å². The van der Waals surface area contributed by atoms with Crippen molar-refractivity contribution < 1.29 is 13.9 Å². The highest BCUT2D eigenvalue weighted by molar-refractivity contribution is 7.13. The predicted molar refractivity (Wildman–Crippen MR) is 139 cm³/mol. The first-order valence-electron chi connectivity index (χ1n) is 11.1. The van der Waals surface area contributed by atoms with Crippen molar-refractivity contribution in [2.45, 2.75) is 13.8 Å². The number of ether oxygens (including phenoxy) is 1. The Morgan fingerprint density at radius 3 is 2.81 bits per heavy atom. The maximum atomic E-state index is 13.6. The molecule has 0 radical (unpaired) electrons. The van der Waals surface area contributed by atoms with Crippen LogP contribution >= 0.6 is 22.9 Å². The first-order valence-corrected chi connectivity index (χ1v) is 12.4. The Balaban J connectivity index is 1.62. The molecule has 4 aromatic heterocycles. The molecule has 0 fully saturated rings. The zero-order valence-electron chi connectivity index (χ0n) is 19.6. The molecule has 5 aromatic rings. The predicted octanol–water partition coefficient (Wildman–Crippen LogP) is 5.87. The van der Waals surface area contributed by atoms with E-state index in [1.54, 1.807) is 36.3 Å². The number of hydrogen-bond donors (Lipinski definition) is 1. The topological polar surface area (TPSA) is 108 Å². The number of pyridine rings is 1. The molecule has 186 valence electrons. The van der Waals surface area contributed by atoms with Gasteiger partial charge in [0.2, 0.25) is 5.95 Å². The van der Waals surface area contributed by atoms with Crippen LogP contribution in [-0.4, -0.2) is 42.3 Å². The van der Waals surface area contributed by atoms with Gasteiger partial charge < -0.3 is 10.1 Å². The lowest BCUT2D eigenvalue weighted by Crippen LogP contribution is -2.09. The summed E-state index contributed by atoms with van der Waals surface area (Å²) in [6.07, 6.45) is 6.37. The second kappa shape index (κ2) is 10.4. The SMILES string of the molecule is CCOC(=O)c1cncc(-c2cnc(Nc3ccc(F)c(Cl)c3)nc2-n2nc(-c3nccs3)cc2C)c1. The van der Waals surface area contributed by atoms with Gasteiger partial charge in [-0.15, -0.1) is 11.3 Å². The van der Waals surface area contributed by atoms with E-state index in [1.807, 2.05) is 18.4 Å². The van der Waals surface area contributed by atoms with Crippen molar-refractivity contribution in [2.24, 2.45) is 0 Å². The largest absolute Gasteiger partial charge is 0.462 e. The Kier molecular flexibility index (Phi) is 6.89. The van der Waals surface area contributed by atoms with E-state index < -0.39 is 11.8 Å². The standard InChI is InChI=1S/C25H19ClFN7O2S/c1-3-36-24(35)16-9-15(11-28-12-16)18-13-30-25(31-17-4-5-20(27)19(26)10-17)32-22(18)34-14(2)8-21(33-34)23-29-6-7-37-23/h4-13H,3H2,1-2H3,(H,30,31,32). The number of nitrogens with zero attached hydrogens (tertiary/aromatic N) is 6. The highest BCUT2D eigenvalue weighted by atomic mass is 35.5. The summed E-state index contributed by atoms with van der Waals surface area (Å²) in [5.74, 6) is -0.331. The molecular weight excluding hydrogens is 517 g/mol. The molecule has 0 saturated carbocycles. The second-order valence-corrected chi connectivity index (χ2v) is 9.09. The summed E-state index contributed by atoms with van der Waals surface area (Å²) in [5, 5.41) is 10.4. The van der Waals surface area contributed by atoms with E-state index in [0.717, 1.165) is 10.7 Å². The maximum Gasteiger partial charge on any atom is 0.339 e. The maximum absolute atomic E-state index is 13.6. The van der Waals surface area contributed by atoms with Crippen LogP contribution < -0.4 is 5.32 Å². The van der Waals surface area contributed by atoms with E-state index in [9.17, 15) is 9.18 Å². The molecule has 5 rings (SSSR count). The van der Waals surface area contributed by atoms with E-state index in [0.29, 0.717) is 33.9 Å². The van der Waals surface area contributed by atoms with Crippen molar-refractivity contribution in [3.8, 4) is 27.6 Å². The molecule has 12 heteroatoms. The van der Waals surface area contributed by atoms with Crippen LogP contribution in [0.2, 0.25) is 5.02 Å². The fourth-order valence-electron chi connectivity index (χ4n) is 3.56. The van der Waals surface area contributed by atoms with Gasteiger partial charge in [0.25, 0.3) is 0 Å². The molecule has 0 aliphatic carbocycles. The number of nitrogens with one attached hydrogen (secondary N) is 1. The van der Waals surface area contributed by atoms with Crippen LogP contribution in [0.25, 0.3) is 27.6 Å². The molecule has 0 bridgehead atoms. The third-order valence-corrected chi connectivity index (χ3v) is 6.33. The number of halogens is 2. The average Bonchev–Trinajstić information content (AvgIpc) is 3.56. The molecule has 4 heterocycles. The third-order valence-electron chi connectivity index (χ3n) is 5.24. The van der Waals surface area contributed by atoms with Gasteiger partial charge in [0.05, 0.1) is 17.2 Å². The highest BCUT2D eigenvalue weighted by Crippen LogP contribution is 2.30. The molecule has 0 aliphatic heterocycles. The van der Waals surface area contributed by atoms with Crippen LogP contribution in [0, 0.1) is 12.7 Å². The fourth-order valence-corrected chi connectivity index (χ4v) is 4.33. The Bertz CT molecular complexity index is 1590. The molecule has 9 nitrogen and oxygen atoms in total. The molecular formula is C25H19ClFN7O2S. The van der Waals surface area contributed by atoms with Gasteiger partial charge in [0.15, 0.2) is 5.82 Å². The number of anilines is 2. The normalized spacial score (nSPS) is 10.9. The number of carbonyl (C=O) groups is 1. The molecule has 0 amide bonds. The number of aromatic nitrogens is 6. The summed E-state index contributed by atoms with van der Waals surface area (Å²) in [4.78, 5) is 30.0. The molecule has 1 N–H and O–H groups in total. The summed E-state index contributed by atoms with van der Waals surface area (Å²) in [5.41, 5.74) is 3.48.